The molecule has 6 nitrogen and oxygen atoms in total. The lowest BCUT2D eigenvalue weighted by molar-refractivity contribution is -0.154. The average Bonchev–Trinajstić information content (AvgIpc) is 2.29. The number of methoxy groups -OCH3 is 1. The normalized spacial score (nSPS) is 18.0. The molecular weight excluding hydrogens is 313 g/mol. The van der Waals surface area contributed by atoms with Crippen molar-refractivity contribution in [2.24, 2.45) is 5.92 Å². The number of aryl methyl sites for hydroxylation is 2. The zero-order valence-corrected chi connectivity index (χ0v) is 13.4. The number of carboxylic acids is 1. The SMILES string of the molecule is COC(C(=O)O)C1CN(S(=O)(=O)c2c(C)cc(C)cc2F)C1. The molecule has 0 aromatic heterocycles. The molecule has 1 aliphatic heterocycles. The number of rotatable bonds is 5. The van der Waals surface area contributed by atoms with E-state index in [1.165, 1.54) is 20.1 Å². The van der Waals surface area contributed by atoms with Crippen LogP contribution in [0.4, 0.5) is 4.39 Å². The molecule has 1 aromatic carbocycles. The summed E-state index contributed by atoms with van der Waals surface area (Å²) in [6.07, 6.45) is -1.06. The smallest absolute Gasteiger partial charge is 0.333 e. The summed E-state index contributed by atoms with van der Waals surface area (Å²) < 4.78 is 45.0. The van der Waals surface area contributed by atoms with Crippen LogP contribution in [-0.4, -0.2) is 50.1 Å². The third kappa shape index (κ3) is 2.86. The van der Waals surface area contributed by atoms with Gasteiger partial charge in [-0.3, -0.25) is 0 Å². The van der Waals surface area contributed by atoms with Crippen molar-refractivity contribution >= 4 is 16.0 Å². The summed E-state index contributed by atoms with van der Waals surface area (Å²) in [5, 5.41) is 8.98. The van der Waals surface area contributed by atoms with E-state index in [2.05, 4.69) is 0 Å². The van der Waals surface area contributed by atoms with E-state index in [1.54, 1.807) is 13.0 Å². The molecule has 1 aliphatic rings. The quantitative estimate of drug-likeness (QED) is 0.875. The number of hydrogen-bond acceptors (Lipinski definition) is 4. The fraction of sp³-hybridized carbons (Fsp3) is 0.500. The molecule has 0 saturated carbocycles. The van der Waals surface area contributed by atoms with Gasteiger partial charge in [-0.05, 0) is 31.0 Å². The molecule has 1 fully saturated rings. The van der Waals surface area contributed by atoms with Crippen LogP contribution in [0.3, 0.4) is 0 Å². The minimum absolute atomic E-state index is 0.000103. The molecule has 1 aromatic rings. The van der Waals surface area contributed by atoms with E-state index >= 15 is 0 Å². The van der Waals surface area contributed by atoms with E-state index in [1.807, 2.05) is 0 Å². The average molecular weight is 331 g/mol. The van der Waals surface area contributed by atoms with Crippen LogP contribution < -0.4 is 0 Å². The van der Waals surface area contributed by atoms with Gasteiger partial charge >= 0.3 is 5.97 Å². The Hall–Kier alpha value is -1.51. The van der Waals surface area contributed by atoms with Crippen LogP contribution in [0, 0.1) is 25.6 Å². The first-order valence-corrected chi connectivity index (χ1v) is 8.15. The predicted octanol–water partition coefficient (Wildman–Crippen LogP) is 1.16. The highest BCUT2D eigenvalue weighted by atomic mass is 32.2. The first-order valence-electron chi connectivity index (χ1n) is 6.71. The van der Waals surface area contributed by atoms with Crippen molar-refractivity contribution in [3.63, 3.8) is 0 Å². The third-order valence-corrected chi connectivity index (χ3v) is 5.78. The fourth-order valence-corrected chi connectivity index (χ4v) is 4.52. The van der Waals surface area contributed by atoms with Crippen molar-refractivity contribution in [2.45, 2.75) is 24.8 Å². The Labute approximate surface area is 128 Å². The van der Waals surface area contributed by atoms with Crippen molar-refractivity contribution < 1.29 is 27.4 Å². The monoisotopic (exact) mass is 331 g/mol. The molecule has 2 rings (SSSR count). The van der Waals surface area contributed by atoms with Gasteiger partial charge < -0.3 is 9.84 Å². The lowest BCUT2D eigenvalue weighted by Gasteiger charge is -2.40. The molecule has 8 heteroatoms. The lowest BCUT2D eigenvalue weighted by atomic mass is 9.96. The van der Waals surface area contributed by atoms with Crippen molar-refractivity contribution in [1.82, 2.24) is 4.31 Å². The highest BCUT2D eigenvalue weighted by Crippen LogP contribution is 2.31. The fourth-order valence-electron chi connectivity index (χ4n) is 2.71. The number of carbonyl (C=O) groups is 1. The van der Waals surface area contributed by atoms with E-state index in [9.17, 15) is 17.6 Å². The summed E-state index contributed by atoms with van der Waals surface area (Å²) in [6.45, 7) is 3.22. The zero-order chi connectivity index (χ0) is 16.7. The topological polar surface area (TPSA) is 83.9 Å². The second-order valence-electron chi connectivity index (χ2n) is 5.47. The lowest BCUT2D eigenvalue weighted by Crippen LogP contribution is -2.56. The van der Waals surface area contributed by atoms with Gasteiger partial charge in [0.05, 0.1) is 0 Å². The Bertz CT molecular complexity index is 674. The summed E-state index contributed by atoms with van der Waals surface area (Å²) in [6, 6.07) is 2.77. The predicted molar refractivity (Wildman–Crippen MR) is 76.6 cm³/mol. The minimum Gasteiger partial charge on any atom is -0.479 e. The number of halogens is 1. The molecule has 0 bridgehead atoms. The second-order valence-corrected chi connectivity index (χ2v) is 7.34. The largest absolute Gasteiger partial charge is 0.479 e. The Morgan fingerprint density at radius 1 is 1.41 bits per heavy atom. The first kappa shape index (κ1) is 16.9. The van der Waals surface area contributed by atoms with Crippen LogP contribution in [0.5, 0.6) is 0 Å². The first-order chi connectivity index (χ1) is 10.2. The van der Waals surface area contributed by atoms with Gasteiger partial charge in [0.25, 0.3) is 0 Å². The molecule has 0 amide bonds. The van der Waals surface area contributed by atoms with Crippen molar-refractivity contribution in [3.05, 3.63) is 29.1 Å². The maximum atomic E-state index is 14.1. The van der Waals surface area contributed by atoms with Gasteiger partial charge in [0.2, 0.25) is 10.0 Å². The maximum absolute atomic E-state index is 14.1. The molecule has 1 heterocycles. The highest BCUT2D eigenvalue weighted by Gasteiger charge is 2.44. The van der Waals surface area contributed by atoms with Crippen molar-refractivity contribution in [2.75, 3.05) is 20.2 Å². The summed E-state index contributed by atoms with van der Waals surface area (Å²) in [7, 11) is -2.71. The summed E-state index contributed by atoms with van der Waals surface area (Å²) in [4.78, 5) is 10.6. The molecule has 22 heavy (non-hydrogen) atoms. The summed E-state index contributed by atoms with van der Waals surface area (Å²) in [5.41, 5.74) is 0.975. The standard InChI is InChI=1S/C14H18FNO5S/c1-8-4-9(2)13(11(15)5-8)22(19,20)16-6-10(7-16)12(21-3)14(17)18/h4-5,10,12H,6-7H2,1-3H3,(H,17,18). The zero-order valence-electron chi connectivity index (χ0n) is 12.5. The van der Waals surface area contributed by atoms with Crippen LogP contribution in [-0.2, 0) is 19.6 Å². The highest BCUT2D eigenvalue weighted by molar-refractivity contribution is 7.89. The second kappa shape index (κ2) is 5.94. The molecule has 1 N–H and O–H groups in total. The number of hydrogen-bond donors (Lipinski definition) is 1. The van der Waals surface area contributed by atoms with Gasteiger partial charge in [-0.25, -0.2) is 17.6 Å². The van der Waals surface area contributed by atoms with Crippen molar-refractivity contribution in [1.29, 1.82) is 0 Å². The van der Waals surface area contributed by atoms with Crippen LogP contribution in [0.25, 0.3) is 0 Å². The number of nitrogens with zero attached hydrogens (tertiary/aromatic N) is 1. The maximum Gasteiger partial charge on any atom is 0.333 e. The number of sulfonamides is 1. The molecule has 122 valence electrons. The molecule has 1 unspecified atom stereocenters. The third-order valence-electron chi connectivity index (χ3n) is 3.77. The van der Waals surface area contributed by atoms with Gasteiger partial charge in [-0.1, -0.05) is 6.07 Å². The Balaban J connectivity index is 2.23. The summed E-state index contributed by atoms with van der Waals surface area (Å²) >= 11 is 0. The molecule has 1 saturated heterocycles. The Morgan fingerprint density at radius 2 is 2.00 bits per heavy atom. The van der Waals surface area contributed by atoms with E-state index in [4.69, 9.17) is 9.84 Å². The van der Waals surface area contributed by atoms with Crippen LogP contribution in [0.15, 0.2) is 17.0 Å². The Morgan fingerprint density at radius 3 is 2.45 bits per heavy atom. The van der Waals surface area contributed by atoms with Crippen molar-refractivity contribution in [3.8, 4) is 0 Å². The number of carboxylic acid groups (broad SMARTS) is 1. The molecule has 0 radical (unpaired) electrons. The van der Waals surface area contributed by atoms with E-state index in [0.29, 0.717) is 11.1 Å². The van der Waals surface area contributed by atoms with E-state index < -0.39 is 33.8 Å². The van der Waals surface area contributed by atoms with E-state index in [0.717, 1.165) is 4.31 Å². The molecule has 0 aliphatic carbocycles. The van der Waals surface area contributed by atoms with Gasteiger partial charge in [0.1, 0.15) is 10.7 Å². The van der Waals surface area contributed by atoms with E-state index in [-0.39, 0.29) is 18.0 Å². The molecule has 1 atom stereocenters. The van der Waals surface area contributed by atoms with Crippen LogP contribution in [0.1, 0.15) is 11.1 Å². The van der Waals surface area contributed by atoms with Gasteiger partial charge in [0.15, 0.2) is 6.10 Å². The van der Waals surface area contributed by atoms with Gasteiger partial charge in [-0.15, -0.1) is 0 Å². The van der Waals surface area contributed by atoms with Crippen LogP contribution in [0.2, 0.25) is 0 Å². The number of benzene rings is 1. The number of aliphatic carboxylic acids is 1. The van der Waals surface area contributed by atoms with Crippen LogP contribution >= 0.6 is 0 Å². The number of ether oxygens (including phenoxy) is 1. The Kier molecular flexibility index (Phi) is 4.55. The summed E-state index contributed by atoms with van der Waals surface area (Å²) in [5.74, 6) is -2.36. The molecule has 0 spiro atoms. The van der Waals surface area contributed by atoms with Gasteiger partial charge in [0, 0.05) is 26.1 Å². The van der Waals surface area contributed by atoms with Gasteiger partial charge in [-0.2, -0.15) is 4.31 Å². The molecular formula is C14H18FNO5S. The minimum atomic E-state index is -3.97.